The third-order valence-electron chi connectivity index (χ3n) is 6.37. The van der Waals surface area contributed by atoms with Crippen LogP contribution < -0.4 is 0 Å². The van der Waals surface area contributed by atoms with Crippen LogP contribution in [0.5, 0.6) is 0 Å². The van der Waals surface area contributed by atoms with E-state index in [4.69, 9.17) is 0 Å². The van der Waals surface area contributed by atoms with Crippen LogP contribution in [0.1, 0.15) is 53.4 Å². The highest BCUT2D eigenvalue weighted by Gasteiger charge is 2.66. The second-order valence-corrected chi connectivity index (χ2v) is 7.59. The highest BCUT2D eigenvalue weighted by Crippen LogP contribution is 2.71. The number of hydrogen-bond acceptors (Lipinski definition) is 1. The van der Waals surface area contributed by atoms with E-state index in [0.717, 1.165) is 30.1 Å². The van der Waals surface area contributed by atoms with E-state index in [9.17, 15) is 5.11 Å². The minimum Gasteiger partial charge on any atom is -0.390 e. The zero-order valence-electron chi connectivity index (χ0n) is 11.2. The summed E-state index contributed by atoms with van der Waals surface area (Å²) in [5, 5.41) is 10.7. The van der Waals surface area contributed by atoms with Gasteiger partial charge in [-0.1, -0.05) is 27.2 Å². The van der Waals surface area contributed by atoms with Crippen molar-refractivity contribution >= 4 is 0 Å². The Bertz CT molecular complexity index is 305. The maximum absolute atomic E-state index is 10.7. The van der Waals surface area contributed by atoms with Crippen LogP contribution in [0.15, 0.2) is 0 Å². The van der Waals surface area contributed by atoms with Crippen LogP contribution in [-0.2, 0) is 0 Å². The Kier molecular flexibility index (Phi) is 2.11. The highest BCUT2D eigenvalue weighted by molar-refractivity contribution is 5.14. The second kappa shape index (κ2) is 3.04. The van der Waals surface area contributed by atoms with Gasteiger partial charge in [-0.3, -0.25) is 0 Å². The van der Waals surface area contributed by atoms with Crippen molar-refractivity contribution in [3.63, 3.8) is 0 Å². The van der Waals surface area contributed by atoms with E-state index < -0.39 is 0 Å². The van der Waals surface area contributed by atoms with Crippen molar-refractivity contribution in [2.45, 2.75) is 59.0 Å². The van der Waals surface area contributed by atoms with Gasteiger partial charge >= 0.3 is 0 Å². The van der Waals surface area contributed by atoms with E-state index in [2.05, 4.69) is 27.7 Å². The summed E-state index contributed by atoms with van der Waals surface area (Å²) in [6, 6.07) is 0. The third kappa shape index (κ3) is 1.27. The summed E-state index contributed by atoms with van der Waals surface area (Å²) in [6.45, 7) is 9.41. The molecule has 0 spiro atoms. The fourth-order valence-corrected chi connectivity index (χ4v) is 5.29. The lowest BCUT2D eigenvalue weighted by molar-refractivity contribution is -0.0302. The normalized spacial score (nSPS) is 58.7. The molecule has 0 radical (unpaired) electrons. The van der Waals surface area contributed by atoms with E-state index in [0.29, 0.717) is 11.3 Å². The molecule has 1 heteroatoms. The predicted molar refractivity (Wildman–Crippen MR) is 66.0 cm³/mol. The first-order chi connectivity index (χ1) is 7.36. The van der Waals surface area contributed by atoms with Gasteiger partial charge in [0.05, 0.1) is 5.60 Å². The summed E-state index contributed by atoms with van der Waals surface area (Å²) < 4.78 is 0. The molecule has 92 valence electrons. The van der Waals surface area contributed by atoms with Crippen LogP contribution in [0.2, 0.25) is 0 Å². The lowest BCUT2D eigenvalue weighted by Crippen LogP contribution is -2.38. The van der Waals surface area contributed by atoms with Gasteiger partial charge in [-0.05, 0) is 61.2 Å². The molecule has 3 fully saturated rings. The first kappa shape index (κ1) is 11.1. The van der Waals surface area contributed by atoms with E-state index in [1.807, 2.05) is 0 Å². The Morgan fingerprint density at radius 1 is 1.00 bits per heavy atom. The minimum absolute atomic E-state index is 0.376. The van der Waals surface area contributed by atoms with Crippen LogP contribution in [-0.4, -0.2) is 10.7 Å². The number of hydrogen-bond donors (Lipinski definition) is 1. The van der Waals surface area contributed by atoms with Gasteiger partial charge in [0.15, 0.2) is 0 Å². The van der Waals surface area contributed by atoms with Crippen molar-refractivity contribution in [1.29, 1.82) is 0 Å². The Labute approximate surface area is 99.6 Å². The average Bonchev–Trinajstić information content (AvgIpc) is 2.51. The van der Waals surface area contributed by atoms with Crippen molar-refractivity contribution < 1.29 is 5.11 Å². The van der Waals surface area contributed by atoms with Crippen molar-refractivity contribution in [2.24, 2.45) is 35.0 Å². The molecule has 3 aliphatic rings. The molecule has 1 nitrogen and oxygen atoms in total. The molecular weight excluding hydrogens is 196 g/mol. The van der Waals surface area contributed by atoms with E-state index >= 15 is 0 Å². The molecule has 6 atom stereocenters. The second-order valence-electron chi connectivity index (χ2n) is 7.59. The molecule has 1 N–H and O–H groups in total. The summed E-state index contributed by atoms with van der Waals surface area (Å²) in [5.74, 6) is 4.03. The lowest BCUT2D eigenvalue weighted by atomic mass is 9.74. The van der Waals surface area contributed by atoms with Gasteiger partial charge in [0.1, 0.15) is 0 Å². The molecule has 3 rings (SSSR count). The third-order valence-corrected chi connectivity index (χ3v) is 6.37. The Hall–Kier alpha value is -0.0400. The number of fused-ring (bicyclic) bond motifs is 3. The fraction of sp³-hybridized carbons (Fsp3) is 1.00. The number of aliphatic hydroxyl groups is 1. The molecule has 0 amide bonds. The molecule has 0 saturated heterocycles. The molecule has 16 heavy (non-hydrogen) atoms. The maximum Gasteiger partial charge on any atom is 0.0650 e. The molecule has 3 aliphatic carbocycles. The van der Waals surface area contributed by atoms with Gasteiger partial charge in [-0.15, -0.1) is 0 Å². The van der Waals surface area contributed by atoms with Crippen LogP contribution in [0.25, 0.3) is 0 Å². The summed E-state index contributed by atoms with van der Waals surface area (Å²) in [6.07, 6.45) is 4.89. The Balaban J connectivity index is 1.94. The average molecular weight is 222 g/mol. The summed E-state index contributed by atoms with van der Waals surface area (Å²) in [4.78, 5) is 0. The molecule has 0 aromatic heterocycles. The minimum atomic E-state index is -0.376. The summed E-state index contributed by atoms with van der Waals surface area (Å²) >= 11 is 0. The maximum atomic E-state index is 10.7. The SMILES string of the molecule is C[C@@H]1CC[C@H]2[C@@H]1C1C(CC[C@@]2(C)O)C1(C)C. The van der Waals surface area contributed by atoms with Crippen molar-refractivity contribution in [3.05, 3.63) is 0 Å². The van der Waals surface area contributed by atoms with Crippen molar-refractivity contribution in [1.82, 2.24) is 0 Å². The van der Waals surface area contributed by atoms with Crippen LogP contribution in [0.4, 0.5) is 0 Å². The van der Waals surface area contributed by atoms with Crippen molar-refractivity contribution in [2.75, 3.05) is 0 Å². The smallest absolute Gasteiger partial charge is 0.0650 e. The topological polar surface area (TPSA) is 20.2 Å². The van der Waals surface area contributed by atoms with Gasteiger partial charge in [0.25, 0.3) is 0 Å². The van der Waals surface area contributed by atoms with Crippen LogP contribution >= 0.6 is 0 Å². The first-order valence-electron chi connectivity index (χ1n) is 7.08. The number of rotatable bonds is 0. The first-order valence-corrected chi connectivity index (χ1v) is 7.08. The van der Waals surface area contributed by atoms with Crippen molar-refractivity contribution in [3.8, 4) is 0 Å². The summed E-state index contributed by atoms with van der Waals surface area (Å²) in [5.41, 5.74) is 0.191. The Morgan fingerprint density at radius 2 is 1.69 bits per heavy atom. The molecule has 0 aromatic rings. The quantitative estimate of drug-likeness (QED) is 0.665. The molecule has 0 heterocycles. The summed E-state index contributed by atoms with van der Waals surface area (Å²) in [7, 11) is 0. The van der Waals surface area contributed by atoms with Crippen LogP contribution in [0.3, 0.4) is 0 Å². The largest absolute Gasteiger partial charge is 0.390 e. The molecule has 3 saturated carbocycles. The van der Waals surface area contributed by atoms with E-state index in [1.165, 1.54) is 19.3 Å². The standard InChI is InChI=1S/C15H26O/c1-9-5-6-10-12(9)13-11(14(13,2)3)7-8-15(10,4)16/h9-13,16H,5-8H2,1-4H3/t9-,10+,11?,12-,13?,15-/m1/s1. The van der Waals surface area contributed by atoms with Crippen LogP contribution in [0, 0.1) is 35.0 Å². The zero-order valence-corrected chi connectivity index (χ0v) is 11.2. The monoisotopic (exact) mass is 222 g/mol. The molecular formula is C15H26O. The molecule has 0 bridgehead atoms. The molecule has 0 aliphatic heterocycles. The molecule has 2 unspecified atom stereocenters. The van der Waals surface area contributed by atoms with Gasteiger partial charge in [0, 0.05) is 0 Å². The Morgan fingerprint density at radius 3 is 2.38 bits per heavy atom. The van der Waals surface area contributed by atoms with Gasteiger partial charge in [-0.25, -0.2) is 0 Å². The fourth-order valence-electron chi connectivity index (χ4n) is 5.29. The van der Waals surface area contributed by atoms with Gasteiger partial charge < -0.3 is 5.11 Å². The lowest BCUT2D eigenvalue weighted by Gasteiger charge is -2.35. The van der Waals surface area contributed by atoms with E-state index in [-0.39, 0.29) is 5.60 Å². The molecule has 0 aromatic carbocycles. The zero-order chi connectivity index (χ0) is 11.7. The van der Waals surface area contributed by atoms with E-state index in [1.54, 1.807) is 0 Å². The van der Waals surface area contributed by atoms with Gasteiger partial charge in [0.2, 0.25) is 0 Å². The highest BCUT2D eigenvalue weighted by atomic mass is 16.3. The predicted octanol–water partition coefficient (Wildman–Crippen LogP) is 3.47. The van der Waals surface area contributed by atoms with Gasteiger partial charge in [-0.2, -0.15) is 0 Å².